The summed E-state index contributed by atoms with van der Waals surface area (Å²) in [6, 6.07) is 0. The van der Waals surface area contributed by atoms with Gasteiger partial charge in [-0.1, -0.05) is 6.92 Å². The van der Waals surface area contributed by atoms with E-state index in [0.29, 0.717) is 12.5 Å². The average molecular weight is 318 g/mol. The molecule has 0 spiro atoms. The van der Waals surface area contributed by atoms with Crippen LogP contribution in [-0.4, -0.2) is 65.6 Å². The Labute approximate surface area is 135 Å². The molecule has 2 rings (SSSR count). The zero-order valence-corrected chi connectivity index (χ0v) is 14.7. The Bertz CT molecular complexity index is 275. The number of piperidine rings is 2. The molecule has 2 heterocycles. The Kier molecular flexibility index (Phi) is 10.2. The summed E-state index contributed by atoms with van der Waals surface area (Å²) in [6.07, 6.45) is 5.02. The fourth-order valence-electron chi connectivity index (χ4n) is 3.14. The third-order valence-electron chi connectivity index (χ3n) is 4.32. The highest BCUT2D eigenvalue weighted by Crippen LogP contribution is 2.28. The van der Waals surface area contributed by atoms with Crippen LogP contribution in [0.1, 0.15) is 32.6 Å². The van der Waals surface area contributed by atoms with Crippen LogP contribution in [0.3, 0.4) is 0 Å². The second kappa shape index (κ2) is 11.3. The van der Waals surface area contributed by atoms with Crippen LogP contribution in [0, 0.1) is 11.3 Å². The van der Waals surface area contributed by atoms with E-state index in [2.05, 4.69) is 34.0 Å². The highest BCUT2D eigenvalue weighted by molar-refractivity contribution is 4.81. The Hall–Kier alpha value is -0.240. The van der Waals surface area contributed by atoms with Crippen molar-refractivity contribution in [2.24, 2.45) is 11.3 Å². The van der Waals surface area contributed by atoms with Crippen molar-refractivity contribution in [1.29, 1.82) is 0 Å². The average Bonchev–Trinajstić information content (AvgIpc) is 2.52. The Balaban J connectivity index is 0.000000224. The van der Waals surface area contributed by atoms with E-state index < -0.39 is 0 Å². The Morgan fingerprint density at radius 1 is 1.18 bits per heavy atom. The van der Waals surface area contributed by atoms with Gasteiger partial charge in [0.1, 0.15) is 0 Å². The quantitative estimate of drug-likeness (QED) is 0.596. The van der Waals surface area contributed by atoms with Crippen LogP contribution in [0.15, 0.2) is 0 Å². The summed E-state index contributed by atoms with van der Waals surface area (Å²) in [4.78, 5) is 21.3. The molecule has 0 aromatic carbocycles. The van der Waals surface area contributed by atoms with Crippen molar-refractivity contribution in [3.63, 3.8) is 0 Å². The molecule has 2 aliphatic heterocycles. The second-order valence-corrected chi connectivity index (χ2v) is 6.74. The summed E-state index contributed by atoms with van der Waals surface area (Å²) >= 11 is 0. The maximum Gasteiger partial charge on any atom is 0.0888 e. The first-order valence-electron chi connectivity index (χ1n) is 8.30. The van der Waals surface area contributed by atoms with Gasteiger partial charge in [-0.2, -0.15) is 0 Å². The van der Waals surface area contributed by atoms with Gasteiger partial charge in [-0.05, 0) is 51.7 Å². The lowest BCUT2D eigenvalue weighted by Gasteiger charge is -2.37. The molecule has 6 nitrogen and oxygen atoms in total. The lowest BCUT2D eigenvalue weighted by atomic mass is 9.83. The van der Waals surface area contributed by atoms with Crippen molar-refractivity contribution in [3.05, 3.63) is 0 Å². The molecule has 0 aliphatic carbocycles. The second-order valence-electron chi connectivity index (χ2n) is 6.74. The van der Waals surface area contributed by atoms with E-state index in [1.54, 1.807) is 14.2 Å². The van der Waals surface area contributed by atoms with E-state index in [1.165, 1.54) is 32.2 Å². The first kappa shape index (κ1) is 19.8. The zero-order valence-electron chi connectivity index (χ0n) is 14.7. The third-order valence-corrected chi connectivity index (χ3v) is 4.32. The van der Waals surface area contributed by atoms with Crippen LogP contribution >= 0.6 is 0 Å². The molecular formula is C16H34N2O4. The fourth-order valence-corrected chi connectivity index (χ4v) is 3.14. The Morgan fingerprint density at radius 2 is 1.95 bits per heavy atom. The summed E-state index contributed by atoms with van der Waals surface area (Å²) < 4.78 is 0. The third kappa shape index (κ3) is 8.41. The number of nitrogens with one attached hydrogen (secondary N) is 1. The van der Waals surface area contributed by atoms with E-state index >= 15 is 0 Å². The van der Waals surface area contributed by atoms with Crippen LogP contribution in [0.25, 0.3) is 0 Å². The molecule has 2 saturated heterocycles. The van der Waals surface area contributed by atoms with Gasteiger partial charge in [-0.25, -0.2) is 19.6 Å². The number of likely N-dealkylation sites (tertiary alicyclic amines) is 1. The number of hydrogen-bond acceptors (Lipinski definition) is 6. The van der Waals surface area contributed by atoms with E-state index in [4.69, 9.17) is 9.78 Å². The van der Waals surface area contributed by atoms with Crippen molar-refractivity contribution >= 4 is 0 Å². The minimum atomic E-state index is 0.281. The predicted octanol–water partition coefficient (Wildman–Crippen LogP) is 1.86. The standard InChI is InChI=1S/C9H19NO2.C7H15NO2/c1-9(8-12-11-3)5-4-6-10(2)7-9;1-9-10-6-7-3-2-4-8-5-7/h4-8H2,1-3H3;7-8H,2-6H2,1H3. The van der Waals surface area contributed by atoms with Crippen LogP contribution in [0.4, 0.5) is 0 Å². The highest BCUT2D eigenvalue weighted by atomic mass is 17.2. The van der Waals surface area contributed by atoms with E-state index in [-0.39, 0.29) is 5.41 Å². The van der Waals surface area contributed by atoms with Gasteiger partial charge < -0.3 is 10.2 Å². The summed E-state index contributed by atoms with van der Waals surface area (Å²) in [5, 5.41) is 3.31. The molecule has 2 atom stereocenters. The number of hydrogen-bond donors (Lipinski definition) is 1. The SMILES string of the molecule is COOCC1(C)CCCN(C)C1.COOCC1CCCNC1. The van der Waals surface area contributed by atoms with E-state index in [1.807, 2.05) is 0 Å². The molecule has 132 valence electrons. The lowest BCUT2D eigenvalue weighted by molar-refractivity contribution is -0.291. The lowest BCUT2D eigenvalue weighted by Crippen LogP contribution is -2.41. The minimum Gasteiger partial charge on any atom is -0.316 e. The smallest absolute Gasteiger partial charge is 0.0888 e. The molecule has 22 heavy (non-hydrogen) atoms. The summed E-state index contributed by atoms with van der Waals surface area (Å²) in [5.74, 6) is 0.647. The van der Waals surface area contributed by atoms with E-state index in [0.717, 1.165) is 26.2 Å². The molecule has 2 fully saturated rings. The summed E-state index contributed by atoms with van der Waals surface area (Å²) in [6.45, 7) is 8.23. The topological polar surface area (TPSA) is 52.2 Å². The first-order chi connectivity index (χ1) is 10.6. The minimum absolute atomic E-state index is 0.281. The molecular weight excluding hydrogens is 284 g/mol. The van der Waals surface area contributed by atoms with Gasteiger partial charge in [0, 0.05) is 18.5 Å². The van der Waals surface area contributed by atoms with Crippen LogP contribution in [-0.2, 0) is 19.6 Å². The van der Waals surface area contributed by atoms with Crippen LogP contribution in [0.2, 0.25) is 0 Å². The molecule has 6 heteroatoms. The molecule has 0 amide bonds. The molecule has 0 radical (unpaired) electrons. The van der Waals surface area contributed by atoms with Gasteiger partial charge in [0.15, 0.2) is 0 Å². The molecule has 2 aliphatic rings. The molecule has 1 N–H and O–H groups in total. The number of rotatable bonds is 6. The largest absolute Gasteiger partial charge is 0.316 e. The molecule has 0 bridgehead atoms. The van der Waals surface area contributed by atoms with Crippen molar-refractivity contribution in [2.75, 3.05) is 60.7 Å². The zero-order chi connectivity index (χ0) is 16.3. The number of nitrogens with zero attached hydrogens (tertiary/aromatic N) is 1. The van der Waals surface area contributed by atoms with Crippen molar-refractivity contribution in [2.45, 2.75) is 32.6 Å². The van der Waals surface area contributed by atoms with Gasteiger partial charge in [-0.3, -0.25) is 0 Å². The van der Waals surface area contributed by atoms with Crippen molar-refractivity contribution in [3.8, 4) is 0 Å². The van der Waals surface area contributed by atoms with Gasteiger partial charge >= 0.3 is 0 Å². The van der Waals surface area contributed by atoms with Crippen molar-refractivity contribution < 1.29 is 19.6 Å². The predicted molar refractivity (Wildman–Crippen MR) is 86.4 cm³/mol. The van der Waals surface area contributed by atoms with Crippen LogP contribution < -0.4 is 5.32 Å². The molecule has 2 unspecified atom stereocenters. The van der Waals surface area contributed by atoms with Gasteiger partial charge in [0.05, 0.1) is 27.4 Å². The fraction of sp³-hybridized carbons (Fsp3) is 1.00. The van der Waals surface area contributed by atoms with Crippen molar-refractivity contribution in [1.82, 2.24) is 10.2 Å². The van der Waals surface area contributed by atoms with Gasteiger partial charge in [-0.15, -0.1) is 0 Å². The van der Waals surface area contributed by atoms with Gasteiger partial charge in [0.2, 0.25) is 0 Å². The monoisotopic (exact) mass is 318 g/mol. The highest BCUT2D eigenvalue weighted by Gasteiger charge is 2.29. The molecule has 0 saturated carbocycles. The normalized spacial score (nSPS) is 29.7. The molecule has 0 aromatic rings. The van der Waals surface area contributed by atoms with Gasteiger partial charge in [0.25, 0.3) is 0 Å². The van der Waals surface area contributed by atoms with E-state index in [9.17, 15) is 0 Å². The van der Waals surface area contributed by atoms with Crippen LogP contribution in [0.5, 0.6) is 0 Å². The summed E-state index contributed by atoms with van der Waals surface area (Å²) in [5.41, 5.74) is 0.281. The Morgan fingerprint density at radius 3 is 2.55 bits per heavy atom. The summed E-state index contributed by atoms with van der Waals surface area (Å²) in [7, 11) is 5.27. The molecule has 0 aromatic heterocycles. The maximum absolute atomic E-state index is 5.00. The maximum atomic E-state index is 5.00. The first-order valence-corrected chi connectivity index (χ1v) is 8.30.